The number of alkyl halides is 3. The van der Waals surface area contributed by atoms with Crippen molar-refractivity contribution in [1.82, 2.24) is 4.90 Å². The number of allylic oxidation sites excluding steroid dienone is 1. The van der Waals surface area contributed by atoms with Crippen molar-refractivity contribution in [3.63, 3.8) is 0 Å². The summed E-state index contributed by atoms with van der Waals surface area (Å²) in [6.45, 7) is 8.05. The van der Waals surface area contributed by atoms with Crippen LogP contribution in [0.4, 0.5) is 13.2 Å². The Labute approximate surface area is 180 Å². The van der Waals surface area contributed by atoms with Crippen LogP contribution in [0.25, 0.3) is 0 Å². The van der Waals surface area contributed by atoms with Crippen molar-refractivity contribution in [3.8, 4) is 0 Å². The molecule has 1 fully saturated rings. The summed E-state index contributed by atoms with van der Waals surface area (Å²) in [6, 6.07) is 12.3. The molecule has 0 bridgehead atoms. The third kappa shape index (κ3) is 11.2. The number of hydrogen-bond donors (Lipinski definition) is 1. The number of piperidine rings is 1. The van der Waals surface area contributed by atoms with Crippen LogP contribution in [0, 0.1) is 0 Å². The zero-order valence-electron chi connectivity index (χ0n) is 16.4. The number of likely N-dealkylation sites (tertiary alicyclic amines) is 1. The minimum absolute atomic E-state index is 0.167. The average molecular weight is 448 g/mol. The summed E-state index contributed by atoms with van der Waals surface area (Å²) in [6.07, 6.45) is -0.193. The SMILES string of the molecule is C=C(C)O.Clc1ccc(CN2CCCCC2)cc1Cl.FC(F)(F)c1ccccc1. The summed E-state index contributed by atoms with van der Waals surface area (Å²) < 4.78 is 35.4. The molecule has 7 heteroatoms. The molecule has 1 aliphatic heterocycles. The van der Waals surface area contributed by atoms with Gasteiger partial charge in [-0.05, 0) is 50.6 Å². The van der Waals surface area contributed by atoms with Crippen LogP contribution in [0.15, 0.2) is 60.9 Å². The number of benzene rings is 2. The first-order chi connectivity index (χ1) is 13.6. The largest absolute Gasteiger partial charge is 0.513 e. The molecular formula is C22H26Cl2F3NO. The predicted octanol–water partition coefficient (Wildman–Crippen LogP) is 7.76. The van der Waals surface area contributed by atoms with E-state index in [2.05, 4.69) is 17.5 Å². The first-order valence-electron chi connectivity index (χ1n) is 9.22. The molecule has 0 amide bonds. The fourth-order valence-electron chi connectivity index (χ4n) is 2.64. The molecule has 0 saturated carbocycles. The summed E-state index contributed by atoms with van der Waals surface area (Å²) in [4.78, 5) is 2.48. The molecule has 1 saturated heterocycles. The van der Waals surface area contributed by atoms with Gasteiger partial charge in [-0.25, -0.2) is 0 Å². The van der Waals surface area contributed by atoms with Gasteiger partial charge in [0.2, 0.25) is 0 Å². The Kier molecular flexibility index (Phi) is 11.2. The highest BCUT2D eigenvalue weighted by atomic mass is 35.5. The molecule has 1 heterocycles. The summed E-state index contributed by atoms with van der Waals surface area (Å²) in [5.41, 5.74) is 0.654. The molecule has 0 radical (unpaired) electrons. The second kappa shape index (κ2) is 12.8. The first kappa shape index (κ1) is 25.3. The lowest BCUT2D eigenvalue weighted by atomic mass is 10.1. The van der Waals surface area contributed by atoms with Crippen LogP contribution in [-0.2, 0) is 12.7 Å². The number of aliphatic hydroxyl groups excluding tert-OH is 1. The topological polar surface area (TPSA) is 23.5 Å². The summed E-state index contributed by atoms with van der Waals surface area (Å²) in [5, 5.41) is 9.16. The second-order valence-electron chi connectivity index (χ2n) is 6.68. The molecule has 0 aliphatic carbocycles. The maximum atomic E-state index is 11.8. The minimum Gasteiger partial charge on any atom is -0.513 e. The van der Waals surface area contributed by atoms with Crippen LogP contribution in [0.2, 0.25) is 10.0 Å². The van der Waals surface area contributed by atoms with Crippen molar-refractivity contribution in [2.75, 3.05) is 13.1 Å². The number of nitrogens with zero attached hydrogens (tertiary/aromatic N) is 1. The van der Waals surface area contributed by atoms with E-state index in [1.807, 2.05) is 12.1 Å². The van der Waals surface area contributed by atoms with Crippen molar-refractivity contribution in [2.24, 2.45) is 0 Å². The van der Waals surface area contributed by atoms with Gasteiger partial charge in [0, 0.05) is 6.54 Å². The van der Waals surface area contributed by atoms with Gasteiger partial charge < -0.3 is 5.11 Å². The Hall–Kier alpha value is -1.69. The highest BCUT2D eigenvalue weighted by molar-refractivity contribution is 6.42. The highest BCUT2D eigenvalue weighted by Gasteiger charge is 2.29. The molecule has 160 valence electrons. The van der Waals surface area contributed by atoms with Gasteiger partial charge in [-0.3, -0.25) is 4.90 Å². The Balaban J connectivity index is 0.000000259. The number of halogens is 5. The van der Waals surface area contributed by atoms with Crippen LogP contribution in [0.1, 0.15) is 37.3 Å². The van der Waals surface area contributed by atoms with Crippen LogP contribution >= 0.6 is 23.2 Å². The van der Waals surface area contributed by atoms with Gasteiger partial charge >= 0.3 is 6.18 Å². The van der Waals surface area contributed by atoms with E-state index in [4.69, 9.17) is 28.3 Å². The third-order valence-corrected chi connectivity index (χ3v) is 4.68. The van der Waals surface area contributed by atoms with Gasteiger partial charge in [-0.2, -0.15) is 13.2 Å². The zero-order valence-corrected chi connectivity index (χ0v) is 17.9. The lowest BCUT2D eigenvalue weighted by Gasteiger charge is -2.26. The van der Waals surface area contributed by atoms with E-state index in [1.165, 1.54) is 57.0 Å². The lowest BCUT2D eigenvalue weighted by Crippen LogP contribution is -2.29. The van der Waals surface area contributed by atoms with Gasteiger partial charge in [0.25, 0.3) is 0 Å². The molecule has 3 rings (SSSR count). The summed E-state index contributed by atoms with van der Waals surface area (Å²) in [7, 11) is 0. The smallest absolute Gasteiger partial charge is 0.416 e. The van der Waals surface area contributed by atoms with Crippen molar-refractivity contribution in [1.29, 1.82) is 0 Å². The summed E-state index contributed by atoms with van der Waals surface area (Å²) >= 11 is 11.9. The van der Waals surface area contributed by atoms with E-state index in [9.17, 15) is 13.2 Å². The van der Waals surface area contributed by atoms with E-state index >= 15 is 0 Å². The number of aliphatic hydroxyl groups is 1. The summed E-state index contributed by atoms with van der Waals surface area (Å²) in [5.74, 6) is 0.167. The van der Waals surface area contributed by atoms with Crippen molar-refractivity contribution < 1.29 is 18.3 Å². The normalized spacial score (nSPS) is 14.1. The third-order valence-electron chi connectivity index (χ3n) is 3.94. The van der Waals surface area contributed by atoms with Gasteiger partial charge in [0.1, 0.15) is 0 Å². The minimum atomic E-state index is -4.21. The average Bonchev–Trinajstić information content (AvgIpc) is 2.66. The molecule has 1 aliphatic rings. The van der Waals surface area contributed by atoms with E-state index in [0.717, 1.165) is 18.7 Å². The maximum absolute atomic E-state index is 11.8. The monoisotopic (exact) mass is 447 g/mol. The molecule has 2 aromatic rings. The Morgan fingerprint density at radius 1 is 1.00 bits per heavy atom. The van der Waals surface area contributed by atoms with E-state index in [-0.39, 0.29) is 5.76 Å². The molecule has 29 heavy (non-hydrogen) atoms. The van der Waals surface area contributed by atoms with E-state index in [0.29, 0.717) is 10.0 Å². The molecule has 0 unspecified atom stereocenters. The number of hydrogen-bond acceptors (Lipinski definition) is 2. The lowest BCUT2D eigenvalue weighted by molar-refractivity contribution is -0.137. The molecule has 2 nitrogen and oxygen atoms in total. The van der Waals surface area contributed by atoms with Gasteiger partial charge in [-0.15, -0.1) is 0 Å². The Bertz CT molecular complexity index is 741. The van der Waals surface area contributed by atoms with Crippen LogP contribution in [0.3, 0.4) is 0 Å². The van der Waals surface area contributed by atoms with E-state index in [1.54, 1.807) is 6.07 Å². The number of rotatable bonds is 2. The van der Waals surface area contributed by atoms with Crippen molar-refractivity contribution in [3.05, 3.63) is 82.0 Å². The Morgan fingerprint density at radius 2 is 1.55 bits per heavy atom. The zero-order chi connectivity index (χ0) is 21.9. The predicted molar refractivity (Wildman–Crippen MR) is 114 cm³/mol. The molecular weight excluding hydrogens is 422 g/mol. The first-order valence-corrected chi connectivity index (χ1v) is 9.98. The van der Waals surface area contributed by atoms with Crippen LogP contribution < -0.4 is 0 Å². The maximum Gasteiger partial charge on any atom is 0.416 e. The molecule has 2 aromatic carbocycles. The Morgan fingerprint density at radius 3 is 2.00 bits per heavy atom. The van der Waals surface area contributed by atoms with Crippen LogP contribution in [0.5, 0.6) is 0 Å². The van der Waals surface area contributed by atoms with Gasteiger partial charge in [0.15, 0.2) is 0 Å². The van der Waals surface area contributed by atoms with Crippen molar-refractivity contribution >= 4 is 23.2 Å². The molecule has 1 N–H and O–H groups in total. The standard InChI is InChI=1S/C12H15Cl2N.C7H5F3.C3H6O/c13-11-5-4-10(8-12(11)14)9-15-6-2-1-3-7-15;8-7(9,10)6-4-2-1-3-5-6;1-3(2)4/h4-5,8H,1-3,6-7,9H2;1-5H;4H,1H2,2H3. The van der Waals surface area contributed by atoms with Gasteiger partial charge in [0.05, 0.1) is 21.4 Å². The fourth-order valence-corrected chi connectivity index (χ4v) is 2.96. The molecule has 0 aromatic heterocycles. The molecule has 0 atom stereocenters. The highest BCUT2D eigenvalue weighted by Crippen LogP contribution is 2.28. The molecule has 0 spiro atoms. The van der Waals surface area contributed by atoms with Gasteiger partial charge in [-0.1, -0.05) is 72.6 Å². The van der Waals surface area contributed by atoms with Crippen molar-refractivity contribution in [2.45, 2.75) is 38.9 Å². The van der Waals surface area contributed by atoms with Crippen LogP contribution in [-0.4, -0.2) is 23.1 Å². The fraction of sp³-hybridized carbons (Fsp3) is 0.364. The van der Waals surface area contributed by atoms with E-state index < -0.39 is 11.7 Å². The quantitative estimate of drug-likeness (QED) is 0.475. The second-order valence-corrected chi connectivity index (χ2v) is 7.50.